The standard InChI is InChI=1S/C22H34O9.C16H26O4S2.C14H22O4S2.2C12H18O4S2.C10H14O4S2.C8H10O4S2/c1-3-19(23)28-13-9-5-7-11-21(25)30-17-15-27-16-18-31-22(26)12-8-6-10-14-29-20(24)4-2;1-7-13(17)19-11-9-15(3,4)21-22-16(5,6)10-12-20-14(18)8-2;1-7-13(15)17-9(3)11(5)19-20-12(6)10(4)18-14(16)8-2;1-5-11(13)15-9(3)7-17-18-8-10(4)16-12(14)6-2;1-3-11(13)15-7-5-9-17-18-10-6-8-16-12(14)4-2;1-3-9(11)13-5-7-15-16-8-6-14-10(12)4-2;1-3-7(9)11-5-13-14-6-12-8(10)4-2/h3-4H,1-2,5-18H2;7-8H,1-2,9-12H2,3-6H3;7-12H,1-2H2,3-6H3;5-6,9-10H,1-2,7-8H2,3-4H3;3-4H,1-2,5-10H2;3-4H,1-2,5-8H2;3-4H,1-2,5-6H2. The molecule has 0 heterocycles. The van der Waals surface area contributed by atoms with E-state index in [1.165, 1.54) is 33.7 Å². The molecule has 0 radical (unpaired) electrons. The fourth-order valence-corrected chi connectivity index (χ4v) is 19.8. The largest absolute Gasteiger partial charge is 0.463 e. The van der Waals surface area contributed by atoms with Gasteiger partial charge in [-0.05, 0) is 155 Å². The van der Waals surface area contributed by atoms with E-state index in [1.807, 2.05) is 41.5 Å². The van der Waals surface area contributed by atoms with Crippen LogP contribution in [0.25, 0.3) is 0 Å². The van der Waals surface area contributed by atoms with Crippen molar-refractivity contribution in [2.75, 3.05) is 126 Å². The van der Waals surface area contributed by atoms with E-state index in [9.17, 15) is 76.7 Å². The van der Waals surface area contributed by atoms with E-state index in [0.29, 0.717) is 114 Å². The molecule has 45 heteroatoms. The van der Waals surface area contributed by atoms with Gasteiger partial charge in [0, 0.05) is 152 Å². The smallest absolute Gasteiger partial charge is 0.331 e. The van der Waals surface area contributed by atoms with Crippen LogP contribution in [-0.2, 0) is 157 Å². The van der Waals surface area contributed by atoms with E-state index in [2.05, 4.69) is 129 Å². The number of esters is 16. The molecule has 6 unspecified atom stereocenters. The van der Waals surface area contributed by atoms with E-state index in [0.717, 1.165) is 123 Å². The number of hydrogen-bond acceptors (Lipinski definition) is 45. The maximum atomic E-state index is 11.5. The van der Waals surface area contributed by atoms with Crippen LogP contribution in [0.2, 0.25) is 0 Å². The molecule has 0 bridgehead atoms. The van der Waals surface area contributed by atoms with Crippen LogP contribution in [0.1, 0.15) is 146 Å². The van der Waals surface area contributed by atoms with Crippen molar-refractivity contribution in [3.63, 3.8) is 0 Å². The van der Waals surface area contributed by atoms with E-state index >= 15 is 0 Å². The Bertz CT molecular complexity index is 3430. The van der Waals surface area contributed by atoms with Crippen molar-refractivity contribution in [1.82, 2.24) is 0 Å². The topological polar surface area (TPSA) is 430 Å². The Morgan fingerprint density at radius 3 is 0.770 bits per heavy atom. The van der Waals surface area contributed by atoms with Crippen LogP contribution in [0, 0.1) is 0 Å². The molecule has 0 fully saturated rings. The zero-order valence-electron chi connectivity index (χ0n) is 81.4. The highest BCUT2D eigenvalue weighted by molar-refractivity contribution is 8.78. The Hall–Kier alpha value is -7.96. The average molecular weight is 2180 g/mol. The van der Waals surface area contributed by atoms with E-state index in [1.54, 1.807) is 108 Å². The quantitative estimate of drug-likeness (QED) is 0.0136. The Kier molecular flexibility index (Phi) is 107. The molecule has 0 spiro atoms. The summed E-state index contributed by atoms with van der Waals surface area (Å²) in [6.07, 6.45) is 23.1. The van der Waals surface area contributed by atoms with Gasteiger partial charge in [-0.1, -0.05) is 200 Å². The van der Waals surface area contributed by atoms with Gasteiger partial charge in [0.15, 0.2) is 0 Å². The molecular weight excluding hydrogens is 2040 g/mol. The minimum absolute atomic E-state index is 0.0266. The number of carbonyl (C=O) groups excluding carboxylic acids is 16. The summed E-state index contributed by atoms with van der Waals surface area (Å²) in [4.78, 5) is 175. The fourth-order valence-electron chi connectivity index (χ4n) is 7.05. The minimum atomic E-state index is -0.471. The van der Waals surface area contributed by atoms with Gasteiger partial charge >= 0.3 is 95.5 Å². The monoisotopic (exact) mass is 2180 g/mol. The number of unbranched alkanes of at least 4 members (excludes halogenated alkanes) is 4. The highest BCUT2D eigenvalue weighted by Crippen LogP contribution is 2.46. The lowest BCUT2D eigenvalue weighted by molar-refractivity contribution is -0.148. The third-order valence-electron chi connectivity index (χ3n) is 14.7. The second-order valence-corrected chi connectivity index (χ2v) is 44.3. The summed E-state index contributed by atoms with van der Waals surface area (Å²) >= 11 is 0. The number of ether oxygens (including phenoxy) is 17. The Balaban J connectivity index is -0.000000297. The molecule has 788 valence electrons. The number of carbonyl (C=O) groups is 16. The first-order valence-corrected chi connectivity index (χ1v) is 57.2. The van der Waals surface area contributed by atoms with Crippen LogP contribution in [0.4, 0.5) is 0 Å². The van der Waals surface area contributed by atoms with E-state index < -0.39 is 71.6 Å². The lowest BCUT2D eigenvalue weighted by Crippen LogP contribution is -2.25. The first-order valence-electron chi connectivity index (χ1n) is 42.8. The maximum Gasteiger partial charge on any atom is 0.331 e. The molecule has 0 aliphatic rings. The normalized spacial score (nSPS) is 11.4. The van der Waals surface area contributed by atoms with Gasteiger partial charge in [0.25, 0.3) is 0 Å². The summed E-state index contributed by atoms with van der Waals surface area (Å²) < 4.78 is 83.7. The molecule has 0 aliphatic carbocycles. The Labute approximate surface area is 868 Å². The van der Waals surface area contributed by atoms with Gasteiger partial charge in [0.05, 0.1) is 52.9 Å². The maximum absolute atomic E-state index is 11.5. The summed E-state index contributed by atoms with van der Waals surface area (Å²) in [6, 6.07) is 0. The van der Waals surface area contributed by atoms with E-state index in [-0.39, 0.29) is 107 Å². The predicted octanol–water partition coefficient (Wildman–Crippen LogP) is 19.0. The first kappa shape index (κ1) is 144. The van der Waals surface area contributed by atoms with Gasteiger partial charge in [-0.15, -0.1) is 0 Å². The van der Waals surface area contributed by atoms with Crippen molar-refractivity contribution in [2.45, 2.75) is 191 Å². The van der Waals surface area contributed by atoms with Crippen LogP contribution >= 0.6 is 130 Å². The fraction of sp³-hybridized carbons (Fsp3) is 0.532. The minimum Gasteiger partial charge on any atom is -0.463 e. The zero-order valence-corrected chi connectivity index (χ0v) is 91.2. The van der Waals surface area contributed by atoms with Gasteiger partial charge in [-0.2, -0.15) is 0 Å². The third-order valence-corrected chi connectivity index (χ3v) is 31.9. The Morgan fingerprint density at radius 2 is 0.489 bits per heavy atom. The molecule has 0 amide bonds. The molecular formula is C94H142O33S12. The molecule has 33 nitrogen and oxygen atoms in total. The Morgan fingerprint density at radius 1 is 0.245 bits per heavy atom. The van der Waals surface area contributed by atoms with Crippen LogP contribution in [0.15, 0.2) is 177 Å². The molecule has 0 rings (SSSR count). The number of hydrogen-bond donors (Lipinski definition) is 0. The summed E-state index contributed by atoms with van der Waals surface area (Å²) in [5.74, 6) is -1.53. The van der Waals surface area contributed by atoms with Crippen LogP contribution < -0.4 is 0 Å². The van der Waals surface area contributed by atoms with Gasteiger partial charge < -0.3 is 80.5 Å². The van der Waals surface area contributed by atoms with Crippen molar-refractivity contribution >= 4 is 225 Å². The number of rotatable bonds is 76. The van der Waals surface area contributed by atoms with E-state index in [4.69, 9.17) is 71.1 Å². The molecule has 0 aromatic carbocycles. The van der Waals surface area contributed by atoms with Crippen molar-refractivity contribution in [3.8, 4) is 0 Å². The molecule has 0 aromatic heterocycles. The second kappa shape index (κ2) is 103. The summed E-state index contributed by atoms with van der Waals surface area (Å²) in [5.41, 5.74) is 0. The molecule has 0 saturated carbocycles. The first-order chi connectivity index (χ1) is 66.0. The summed E-state index contributed by atoms with van der Waals surface area (Å²) in [5, 5.41) is 0.238. The zero-order chi connectivity index (χ0) is 107. The molecule has 0 aromatic rings. The summed E-state index contributed by atoms with van der Waals surface area (Å²) in [6.45, 7) is 69.8. The van der Waals surface area contributed by atoms with Gasteiger partial charge in [-0.3, -0.25) is 9.59 Å². The molecule has 139 heavy (non-hydrogen) atoms. The van der Waals surface area contributed by atoms with Crippen molar-refractivity contribution < 1.29 is 157 Å². The third kappa shape index (κ3) is 112. The van der Waals surface area contributed by atoms with Crippen LogP contribution in [-0.4, -0.2) is 266 Å². The lowest BCUT2D eigenvalue weighted by Gasteiger charge is -2.29. The van der Waals surface area contributed by atoms with Gasteiger partial charge in [0.1, 0.15) is 62.7 Å². The average Bonchev–Trinajstić information content (AvgIpc) is 0.892. The van der Waals surface area contributed by atoms with Gasteiger partial charge in [0.2, 0.25) is 0 Å². The van der Waals surface area contributed by atoms with Crippen LogP contribution in [0.5, 0.6) is 0 Å². The molecule has 0 saturated heterocycles. The lowest BCUT2D eigenvalue weighted by atomic mass is 10.1. The molecule has 0 aliphatic heterocycles. The highest BCUT2D eigenvalue weighted by atomic mass is 33.1. The van der Waals surface area contributed by atoms with Crippen LogP contribution in [0.3, 0.4) is 0 Å². The van der Waals surface area contributed by atoms with Gasteiger partial charge in [-0.25, -0.2) is 67.1 Å². The molecule has 0 N–H and O–H groups in total. The SMILES string of the molecule is C=CC(=O)OC(C)C(C)SSC(C)C(C)OC(=O)C=C.C=CC(=O)OC(C)CSSCC(C)OC(=O)C=C.C=CC(=O)OCCC(C)(C)SSC(C)(C)CCOC(=O)C=C.C=CC(=O)OCCCCCC(=O)OCCOCCOC(=O)CCCCCOC(=O)C=C.C=CC(=O)OCCCSSCCCOC(=O)C=C.C=CC(=O)OCCSSCCOC(=O)C=C.C=CC(=O)OCSSCOC(=O)C=C. The predicted molar refractivity (Wildman–Crippen MR) is 570 cm³/mol. The van der Waals surface area contributed by atoms with Crippen molar-refractivity contribution in [3.05, 3.63) is 177 Å². The summed E-state index contributed by atoms with van der Waals surface area (Å²) in [7, 11) is 18.9. The second-order valence-electron chi connectivity index (χ2n) is 27.4. The highest BCUT2D eigenvalue weighted by Gasteiger charge is 2.27. The van der Waals surface area contributed by atoms with Crippen molar-refractivity contribution in [2.24, 2.45) is 0 Å². The van der Waals surface area contributed by atoms with Crippen molar-refractivity contribution in [1.29, 1.82) is 0 Å². The molecule has 6 atom stereocenters.